The molecule has 0 bridgehead atoms. The molecule has 0 radical (unpaired) electrons. The van der Waals surface area contributed by atoms with Gasteiger partial charge in [-0.05, 0) is 26.0 Å². The van der Waals surface area contributed by atoms with E-state index in [4.69, 9.17) is 15.2 Å². The van der Waals surface area contributed by atoms with Crippen LogP contribution in [0.25, 0.3) is 0 Å². The van der Waals surface area contributed by atoms with Gasteiger partial charge in [0.25, 0.3) is 0 Å². The number of carbonyl (C=O) groups excluding carboxylic acids is 1. The number of nitrogens with zero attached hydrogens (tertiary/aromatic N) is 1. The molecule has 0 aliphatic carbocycles. The van der Waals surface area contributed by atoms with Gasteiger partial charge in [-0.1, -0.05) is 18.2 Å². The largest absolute Gasteiger partial charge is 0.491 e. The van der Waals surface area contributed by atoms with Crippen molar-refractivity contribution >= 4 is 5.91 Å². The molecule has 5 nitrogen and oxygen atoms in total. The highest BCUT2D eigenvalue weighted by atomic mass is 16.5. The van der Waals surface area contributed by atoms with E-state index in [0.717, 1.165) is 5.75 Å². The molecule has 1 fully saturated rings. The Hall–Kier alpha value is -1.59. The molecular formula is C15H22N2O3. The van der Waals surface area contributed by atoms with Crippen molar-refractivity contribution in [3.8, 4) is 5.75 Å². The van der Waals surface area contributed by atoms with Crippen LogP contribution in [0.15, 0.2) is 30.3 Å². The zero-order valence-corrected chi connectivity index (χ0v) is 12.0. The zero-order valence-electron chi connectivity index (χ0n) is 12.0. The summed E-state index contributed by atoms with van der Waals surface area (Å²) in [7, 11) is 0. The van der Waals surface area contributed by atoms with Crippen LogP contribution in [0.4, 0.5) is 0 Å². The quantitative estimate of drug-likeness (QED) is 0.873. The lowest BCUT2D eigenvalue weighted by Gasteiger charge is -2.42. The van der Waals surface area contributed by atoms with Crippen LogP contribution in [0, 0.1) is 0 Å². The smallest absolute Gasteiger partial charge is 0.231 e. The molecule has 1 aromatic carbocycles. The van der Waals surface area contributed by atoms with Gasteiger partial charge in [-0.3, -0.25) is 9.69 Å². The van der Waals surface area contributed by atoms with Crippen molar-refractivity contribution in [2.45, 2.75) is 25.6 Å². The number of benzene rings is 1. The highest BCUT2D eigenvalue weighted by molar-refractivity contribution is 5.75. The maximum absolute atomic E-state index is 11.1. The van der Waals surface area contributed by atoms with E-state index in [9.17, 15) is 4.79 Å². The molecule has 2 N–H and O–H groups in total. The van der Waals surface area contributed by atoms with Crippen molar-refractivity contribution < 1.29 is 14.3 Å². The Kier molecular flexibility index (Phi) is 4.62. The summed E-state index contributed by atoms with van der Waals surface area (Å²) < 4.78 is 11.7. The van der Waals surface area contributed by atoms with Crippen LogP contribution >= 0.6 is 0 Å². The van der Waals surface area contributed by atoms with Crippen LogP contribution in [0.5, 0.6) is 5.75 Å². The minimum absolute atomic E-state index is 0.0710. The molecular weight excluding hydrogens is 256 g/mol. The van der Waals surface area contributed by atoms with Crippen LogP contribution in [-0.2, 0) is 9.53 Å². The molecule has 1 amide bonds. The van der Waals surface area contributed by atoms with Gasteiger partial charge >= 0.3 is 0 Å². The highest BCUT2D eigenvalue weighted by Crippen LogP contribution is 2.21. The molecule has 0 spiro atoms. The number of hydrogen-bond donors (Lipinski definition) is 1. The van der Waals surface area contributed by atoms with E-state index in [-0.39, 0.29) is 24.2 Å². The summed E-state index contributed by atoms with van der Waals surface area (Å²) in [5, 5.41) is 0. The maximum atomic E-state index is 11.1. The second-order valence-electron chi connectivity index (χ2n) is 5.76. The van der Waals surface area contributed by atoms with Crippen LogP contribution in [0.2, 0.25) is 0 Å². The van der Waals surface area contributed by atoms with Gasteiger partial charge in [0.2, 0.25) is 5.91 Å². The molecule has 1 aliphatic heterocycles. The van der Waals surface area contributed by atoms with Gasteiger partial charge in [-0.25, -0.2) is 0 Å². The molecule has 0 saturated carbocycles. The molecule has 1 atom stereocenters. The third-order valence-corrected chi connectivity index (χ3v) is 3.11. The average Bonchev–Trinajstić information content (AvgIpc) is 2.35. The number of amides is 1. The van der Waals surface area contributed by atoms with E-state index < -0.39 is 0 Å². The summed E-state index contributed by atoms with van der Waals surface area (Å²) >= 11 is 0. The van der Waals surface area contributed by atoms with Gasteiger partial charge in [0.15, 0.2) is 0 Å². The van der Waals surface area contributed by atoms with Crippen molar-refractivity contribution in [3.05, 3.63) is 30.3 Å². The number of ether oxygens (including phenoxy) is 2. The van der Waals surface area contributed by atoms with Gasteiger partial charge in [-0.2, -0.15) is 0 Å². The van der Waals surface area contributed by atoms with Gasteiger partial charge < -0.3 is 15.2 Å². The van der Waals surface area contributed by atoms with Gasteiger partial charge in [0.05, 0.1) is 12.1 Å². The third-order valence-electron chi connectivity index (χ3n) is 3.11. The number of primary amides is 1. The topological polar surface area (TPSA) is 64.8 Å². The van der Waals surface area contributed by atoms with Crippen molar-refractivity contribution in [2.75, 3.05) is 26.2 Å². The number of hydrogen-bond acceptors (Lipinski definition) is 4. The lowest BCUT2D eigenvalue weighted by molar-refractivity contribution is -0.150. The monoisotopic (exact) mass is 278 g/mol. The Balaban J connectivity index is 1.91. The van der Waals surface area contributed by atoms with E-state index in [1.165, 1.54) is 0 Å². The van der Waals surface area contributed by atoms with Crippen LogP contribution in [0.3, 0.4) is 0 Å². The number of rotatable bonds is 5. The Morgan fingerprint density at radius 2 is 2.15 bits per heavy atom. The van der Waals surface area contributed by atoms with Crippen molar-refractivity contribution in [2.24, 2.45) is 5.73 Å². The van der Waals surface area contributed by atoms with Crippen LogP contribution < -0.4 is 10.5 Å². The molecule has 5 heteroatoms. The fourth-order valence-electron chi connectivity index (χ4n) is 2.55. The van der Waals surface area contributed by atoms with Gasteiger partial charge in [-0.15, -0.1) is 0 Å². The number of para-hydroxylation sites is 1. The van der Waals surface area contributed by atoms with E-state index in [1.54, 1.807) is 0 Å². The first kappa shape index (κ1) is 14.8. The van der Waals surface area contributed by atoms with Gasteiger partial charge in [0, 0.05) is 13.1 Å². The van der Waals surface area contributed by atoms with Crippen LogP contribution in [-0.4, -0.2) is 48.8 Å². The minimum Gasteiger partial charge on any atom is -0.491 e. The molecule has 0 aromatic heterocycles. The first-order chi connectivity index (χ1) is 9.44. The van der Waals surface area contributed by atoms with E-state index in [1.807, 2.05) is 49.1 Å². The van der Waals surface area contributed by atoms with Crippen LogP contribution in [0.1, 0.15) is 13.8 Å². The second-order valence-corrected chi connectivity index (χ2v) is 5.76. The summed E-state index contributed by atoms with van der Waals surface area (Å²) in [6.07, 6.45) is -0.0710. The molecule has 110 valence electrons. The SMILES string of the molecule is CC1(C)CN(CC(N)=O)C[C@H](COc2ccccc2)O1. The Bertz CT molecular complexity index is 448. The van der Waals surface area contributed by atoms with Gasteiger partial charge in [0.1, 0.15) is 18.5 Å². The van der Waals surface area contributed by atoms with Crippen molar-refractivity contribution in [1.82, 2.24) is 4.90 Å². The summed E-state index contributed by atoms with van der Waals surface area (Å²) in [6, 6.07) is 9.63. The highest BCUT2D eigenvalue weighted by Gasteiger charge is 2.34. The molecule has 1 aromatic rings. The van der Waals surface area contributed by atoms with Crippen molar-refractivity contribution in [1.29, 1.82) is 0 Å². The van der Waals surface area contributed by atoms with E-state index >= 15 is 0 Å². The summed E-state index contributed by atoms with van der Waals surface area (Å²) in [5.74, 6) is 0.506. The third kappa shape index (κ3) is 4.51. The molecule has 0 unspecified atom stereocenters. The second kappa shape index (κ2) is 6.24. The fraction of sp³-hybridized carbons (Fsp3) is 0.533. The summed E-state index contributed by atoms with van der Waals surface area (Å²) in [6.45, 7) is 6.08. The lowest BCUT2D eigenvalue weighted by atomic mass is 10.1. The first-order valence-electron chi connectivity index (χ1n) is 6.81. The predicted octanol–water partition coefficient (Wildman–Crippen LogP) is 1.03. The summed E-state index contributed by atoms with van der Waals surface area (Å²) in [5.41, 5.74) is 4.96. The van der Waals surface area contributed by atoms with E-state index in [0.29, 0.717) is 19.7 Å². The maximum Gasteiger partial charge on any atom is 0.231 e. The Labute approximate surface area is 119 Å². The van der Waals surface area contributed by atoms with Crippen molar-refractivity contribution in [3.63, 3.8) is 0 Å². The summed E-state index contributed by atoms with van der Waals surface area (Å²) in [4.78, 5) is 13.1. The number of nitrogens with two attached hydrogens (primary N) is 1. The Morgan fingerprint density at radius 3 is 2.80 bits per heavy atom. The minimum atomic E-state index is -0.314. The molecule has 1 heterocycles. The normalized spacial score (nSPS) is 22.4. The van der Waals surface area contributed by atoms with E-state index in [2.05, 4.69) is 0 Å². The average molecular weight is 278 g/mol. The standard InChI is InChI=1S/C15H22N2O3/c1-15(2)11-17(9-14(16)18)8-13(20-15)10-19-12-6-4-3-5-7-12/h3-7,13H,8-11H2,1-2H3,(H2,16,18)/t13-/m1/s1. The zero-order chi connectivity index (χ0) is 14.6. The molecule has 20 heavy (non-hydrogen) atoms. The number of carbonyl (C=O) groups is 1. The molecule has 2 rings (SSSR count). The molecule has 1 saturated heterocycles. The first-order valence-corrected chi connectivity index (χ1v) is 6.81. The molecule has 1 aliphatic rings. The number of morpholine rings is 1. The predicted molar refractivity (Wildman–Crippen MR) is 76.5 cm³/mol. The Morgan fingerprint density at radius 1 is 1.45 bits per heavy atom. The lowest BCUT2D eigenvalue weighted by Crippen LogP contribution is -2.55. The fourth-order valence-corrected chi connectivity index (χ4v) is 2.55.